The van der Waals surface area contributed by atoms with Crippen molar-refractivity contribution in [3.63, 3.8) is 0 Å². The maximum Gasteiger partial charge on any atom is 0.140 e. The summed E-state index contributed by atoms with van der Waals surface area (Å²) in [6.07, 6.45) is 7.06. The third kappa shape index (κ3) is 0.802. The van der Waals surface area contributed by atoms with Gasteiger partial charge in [-0.15, -0.1) is 0 Å². The smallest absolute Gasteiger partial charge is 0.140 e. The van der Waals surface area contributed by atoms with Crippen molar-refractivity contribution in [2.75, 3.05) is 0 Å². The number of carbonyl (C=O) groups excluding carboxylic acids is 1. The van der Waals surface area contributed by atoms with Crippen LogP contribution in [0.15, 0.2) is 23.8 Å². The van der Waals surface area contributed by atoms with Gasteiger partial charge in [-0.2, -0.15) is 0 Å². The van der Waals surface area contributed by atoms with Crippen LogP contribution in [0, 0.1) is 18.3 Å². The fraction of sp³-hybridized carbons (Fsp3) is 0.400. The van der Waals surface area contributed by atoms with E-state index in [4.69, 9.17) is 0 Å². The summed E-state index contributed by atoms with van der Waals surface area (Å²) < 4.78 is 0. The number of Topliss-reactive ketones (excluding diaryl/α,β-unsaturated/α-hetero) is 1. The second-order valence-corrected chi connectivity index (χ2v) is 3.48. The Morgan fingerprint density at radius 3 is 3.09 bits per heavy atom. The van der Waals surface area contributed by atoms with E-state index in [1.165, 1.54) is 0 Å². The molecule has 11 heavy (non-hydrogen) atoms. The lowest BCUT2D eigenvalue weighted by Crippen LogP contribution is -2.12. The van der Waals surface area contributed by atoms with E-state index in [-0.39, 0.29) is 5.41 Å². The third-order valence-electron chi connectivity index (χ3n) is 2.72. The third-order valence-corrected chi connectivity index (χ3v) is 2.72. The average molecular weight is 147 g/mol. The molecule has 0 heterocycles. The molecule has 0 aromatic carbocycles. The van der Waals surface area contributed by atoms with Crippen molar-refractivity contribution < 1.29 is 4.79 Å². The normalized spacial score (nSPS) is 39.5. The Hall–Kier alpha value is -0.850. The lowest BCUT2D eigenvalue weighted by atomic mass is 9.93. The fourth-order valence-corrected chi connectivity index (χ4v) is 1.80. The molecule has 0 amide bonds. The van der Waals surface area contributed by atoms with Crippen LogP contribution in [0.3, 0.4) is 0 Å². The molecule has 1 fully saturated rings. The Morgan fingerprint density at radius 2 is 2.55 bits per heavy atom. The molecule has 57 valence electrons. The summed E-state index contributed by atoms with van der Waals surface area (Å²) in [5.74, 6) is 0.750. The van der Waals surface area contributed by atoms with Gasteiger partial charge in [-0.3, -0.25) is 4.79 Å². The Labute approximate surface area is 66.8 Å². The van der Waals surface area contributed by atoms with Crippen molar-refractivity contribution in [2.45, 2.75) is 13.3 Å². The van der Waals surface area contributed by atoms with Gasteiger partial charge in [-0.05, 0) is 26.2 Å². The molecule has 0 aromatic heterocycles. The van der Waals surface area contributed by atoms with Crippen LogP contribution in [0.5, 0.6) is 0 Å². The molecule has 2 atom stereocenters. The van der Waals surface area contributed by atoms with Gasteiger partial charge in [-0.1, -0.05) is 23.8 Å². The Balaban J connectivity index is 2.30. The molecule has 1 saturated carbocycles. The first kappa shape index (κ1) is 6.84. The van der Waals surface area contributed by atoms with Crippen LogP contribution in [-0.4, -0.2) is 5.78 Å². The highest BCUT2D eigenvalue weighted by Crippen LogP contribution is 2.57. The summed E-state index contributed by atoms with van der Waals surface area (Å²) in [7, 11) is 0. The summed E-state index contributed by atoms with van der Waals surface area (Å²) in [4.78, 5) is 11.2. The van der Waals surface area contributed by atoms with Gasteiger partial charge in [0.05, 0.1) is 5.41 Å². The monoisotopic (exact) mass is 147 g/mol. The van der Waals surface area contributed by atoms with Gasteiger partial charge in [0, 0.05) is 0 Å². The number of hydrogen-bond acceptors (Lipinski definition) is 1. The van der Waals surface area contributed by atoms with E-state index in [1.54, 1.807) is 6.92 Å². The maximum atomic E-state index is 11.2. The zero-order chi connectivity index (χ0) is 8.06. The summed E-state index contributed by atoms with van der Waals surface area (Å²) in [6, 6.07) is 0. The van der Waals surface area contributed by atoms with E-state index >= 15 is 0 Å². The molecule has 0 bridgehead atoms. The minimum atomic E-state index is -0.110. The Kier molecular flexibility index (Phi) is 1.15. The Morgan fingerprint density at radius 1 is 1.82 bits per heavy atom. The van der Waals surface area contributed by atoms with Crippen LogP contribution in [0.4, 0.5) is 0 Å². The molecule has 0 N–H and O–H groups in total. The van der Waals surface area contributed by atoms with Crippen molar-refractivity contribution >= 4 is 5.78 Å². The minimum absolute atomic E-state index is 0.110. The van der Waals surface area contributed by atoms with E-state index < -0.39 is 0 Å². The van der Waals surface area contributed by atoms with Crippen molar-refractivity contribution in [3.8, 4) is 0 Å². The molecule has 2 aliphatic carbocycles. The fourth-order valence-electron chi connectivity index (χ4n) is 1.80. The topological polar surface area (TPSA) is 17.1 Å². The highest BCUT2D eigenvalue weighted by molar-refractivity contribution is 5.89. The SMILES string of the molecule is [CH2]C1=CC2CC2(C(C)=O)C=C1. The molecule has 2 aliphatic rings. The van der Waals surface area contributed by atoms with Crippen LogP contribution in [-0.2, 0) is 4.79 Å². The first-order valence-electron chi connectivity index (χ1n) is 3.89. The van der Waals surface area contributed by atoms with Crippen LogP contribution >= 0.6 is 0 Å². The summed E-state index contributed by atoms with van der Waals surface area (Å²) in [5.41, 5.74) is 0.936. The predicted molar refractivity (Wildman–Crippen MR) is 43.8 cm³/mol. The maximum absolute atomic E-state index is 11.2. The molecule has 0 aliphatic heterocycles. The molecule has 1 heteroatoms. The number of allylic oxidation sites excluding steroid dienone is 4. The zero-order valence-corrected chi connectivity index (χ0v) is 6.63. The highest BCUT2D eigenvalue weighted by atomic mass is 16.1. The highest BCUT2D eigenvalue weighted by Gasteiger charge is 2.55. The van der Waals surface area contributed by atoms with Crippen molar-refractivity contribution in [1.29, 1.82) is 0 Å². The molecular formula is C10H11O. The van der Waals surface area contributed by atoms with Crippen molar-refractivity contribution in [1.82, 2.24) is 0 Å². The second kappa shape index (κ2) is 1.84. The molecule has 2 unspecified atom stereocenters. The molecule has 1 nitrogen and oxygen atoms in total. The zero-order valence-electron chi connectivity index (χ0n) is 6.63. The van der Waals surface area contributed by atoms with Gasteiger partial charge in [0.25, 0.3) is 0 Å². The number of rotatable bonds is 1. The van der Waals surface area contributed by atoms with E-state index in [1.807, 2.05) is 12.2 Å². The average Bonchev–Trinajstić information content (AvgIpc) is 2.62. The quantitative estimate of drug-likeness (QED) is 0.553. The van der Waals surface area contributed by atoms with Gasteiger partial charge in [0.15, 0.2) is 0 Å². The van der Waals surface area contributed by atoms with E-state index in [0.717, 1.165) is 12.0 Å². The number of ketones is 1. The molecule has 2 rings (SSSR count). The van der Waals surface area contributed by atoms with E-state index in [0.29, 0.717) is 11.7 Å². The van der Waals surface area contributed by atoms with E-state index in [2.05, 4.69) is 13.0 Å². The molecular weight excluding hydrogens is 136 g/mol. The summed E-state index contributed by atoms with van der Waals surface area (Å²) in [5, 5.41) is 0. The van der Waals surface area contributed by atoms with Gasteiger partial charge in [0.2, 0.25) is 0 Å². The predicted octanol–water partition coefficient (Wildman–Crippen LogP) is 1.91. The number of hydrogen-bond donors (Lipinski definition) is 0. The van der Waals surface area contributed by atoms with Gasteiger partial charge < -0.3 is 0 Å². The molecule has 0 saturated heterocycles. The lowest BCUT2D eigenvalue weighted by molar-refractivity contribution is -0.120. The minimum Gasteiger partial charge on any atom is -0.299 e. The number of carbonyl (C=O) groups is 1. The van der Waals surface area contributed by atoms with Crippen LogP contribution in [0.25, 0.3) is 0 Å². The van der Waals surface area contributed by atoms with Crippen LogP contribution in [0.1, 0.15) is 13.3 Å². The number of fused-ring (bicyclic) bond motifs is 1. The second-order valence-electron chi connectivity index (χ2n) is 3.48. The van der Waals surface area contributed by atoms with Crippen LogP contribution in [0.2, 0.25) is 0 Å². The van der Waals surface area contributed by atoms with Gasteiger partial charge in [-0.25, -0.2) is 0 Å². The van der Waals surface area contributed by atoms with Crippen molar-refractivity contribution in [3.05, 3.63) is 30.7 Å². The first-order chi connectivity index (χ1) is 5.15. The summed E-state index contributed by atoms with van der Waals surface area (Å²) >= 11 is 0. The van der Waals surface area contributed by atoms with Gasteiger partial charge in [0.1, 0.15) is 5.78 Å². The largest absolute Gasteiger partial charge is 0.299 e. The molecule has 0 spiro atoms. The molecule has 1 radical (unpaired) electrons. The Bertz CT molecular complexity index is 273. The van der Waals surface area contributed by atoms with E-state index in [9.17, 15) is 4.79 Å². The van der Waals surface area contributed by atoms with Crippen LogP contribution < -0.4 is 0 Å². The van der Waals surface area contributed by atoms with Gasteiger partial charge >= 0.3 is 0 Å². The summed E-state index contributed by atoms with van der Waals surface area (Å²) in [6.45, 7) is 5.50. The lowest BCUT2D eigenvalue weighted by Gasteiger charge is -2.10. The molecule has 0 aromatic rings. The van der Waals surface area contributed by atoms with Crippen molar-refractivity contribution in [2.24, 2.45) is 11.3 Å². The standard InChI is InChI=1S/C10H11O/c1-7-3-4-10(8(2)11)6-9(10)5-7/h3-5,9H,1,6H2,2H3. The first-order valence-corrected chi connectivity index (χ1v) is 3.89.